The highest BCUT2D eigenvalue weighted by Gasteiger charge is 2.58. The number of hydrogen-bond acceptors (Lipinski definition) is 3. The van der Waals surface area contributed by atoms with Gasteiger partial charge in [0.2, 0.25) is 5.91 Å². The summed E-state index contributed by atoms with van der Waals surface area (Å²) < 4.78 is 2.10. The van der Waals surface area contributed by atoms with Crippen LogP contribution in [0, 0.1) is 29.1 Å². The summed E-state index contributed by atoms with van der Waals surface area (Å²) in [5.41, 5.74) is 0.386. The van der Waals surface area contributed by atoms with Gasteiger partial charge in [0, 0.05) is 31.5 Å². The number of amides is 1. The van der Waals surface area contributed by atoms with Crippen molar-refractivity contribution in [2.45, 2.75) is 57.9 Å². The molecule has 0 bridgehead atoms. The lowest BCUT2D eigenvalue weighted by molar-refractivity contribution is -0.133. The summed E-state index contributed by atoms with van der Waals surface area (Å²) in [6.45, 7) is 2.93. The molecule has 4 aliphatic rings. The van der Waals surface area contributed by atoms with E-state index in [1.807, 2.05) is 12.7 Å². The maximum absolute atomic E-state index is 13.2. The van der Waals surface area contributed by atoms with Crippen molar-refractivity contribution < 1.29 is 4.79 Å². The van der Waals surface area contributed by atoms with Crippen molar-refractivity contribution in [3.05, 3.63) is 12.7 Å². The fraction of sp³-hybridized carbons (Fsp3) is 0.842. The van der Waals surface area contributed by atoms with Crippen LogP contribution < -0.4 is 0 Å². The number of nitrogens with zero attached hydrogens (tertiary/aromatic N) is 4. The van der Waals surface area contributed by atoms with E-state index in [1.54, 1.807) is 0 Å². The summed E-state index contributed by atoms with van der Waals surface area (Å²) in [7, 11) is 0. The van der Waals surface area contributed by atoms with Gasteiger partial charge in [0.05, 0.1) is 0 Å². The Morgan fingerprint density at radius 1 is 1.04 bits per heavy atom. The zero-order chi connectivity index (χ0) is 16.1. The van der Waals surface area contributed by atoms with Gasteiger partial charge in [-0.3, -0.25) is 4.79 Å². The van der Waals surface area contributed by atoms with Crippen molar-refractivity contribution in [2.24, 2.45) is 29.1 Å². The van der Waals surface area contributed by atoms with E-state index in [0.29, 0.717) is 35.0 Å². The molecule has 3 aliphatic carbocycles. The van der Waals surface area contributed by atoms with Crippen molar-refractivity contribution in [2.75, 3.05) is 13.1 Å². The molecule has 2 unspecified atom stereocenters. The molecule has 2 heterocycles. The standard InChI is InChI=1S/C19H28N4O/c24-18(17-15-5-2-1-3-6-16(15)17)23-10-14(9-22-12-20-21-13-22)19(11-23)7-4-8-19/h12-17H,1-11H2/t14?,15-,16+,17?. The second-order valence-electron chi connectivity index (χ2n) is 8.78. The number of rotatable bonds is 3. The zero-order valence-corrected chi connectivity index (χ0v) is 14.4. The Labute approximate surface area is 143 Å². The Morgan fingerprint density at radius 2 is 1.75 bits per heavy atom. The van der Waals surface area contributed by atoms with Crippen LogP contribution in [0.1, 0.15) is 51.4 Å². The smallest absolute Gasteiger partial charge is 0.226 e. The molecule has 0 aromatic carbocycles. The van der Waals surface area contributed by atoms with Crippen LogP contribution in [0.4, 0.5) is 0 Å². The molecule has 130 valence electrons. The second-order valence-corrected chi connectivity index (χ2v) is 8.78. The molecule has 5 rings (SSSR count). The number of hydrogen-bond donors (Lipinski definition) is 0. The summed E-state index contributed by atoms with van der Waals surface area (Å²) in [4.78, 5) is 15.4. The van der Waals surface area contributed by atoms with Crippen molar-refractivity contribution in [1.82, 2.24) is 19.7 Å². The van der Waals surface area contributed by atoms with Crippen molar-refractivity contribution >= 4 is 5.91 Å². The molecule has 5 nitrogen and oxygen atoms in total. The second kappa shape index (κ2) is 5.57. The van der Waals surface area contributed by atoms with Gasteiger partial charge >= 0.3 is 0 Å². The first-order chi connectivity index (χ1) is 11.8. The Hall–Kier alpha value is -1.39. The van der Waals surface area contributed by atoms with Crippen LogP contribution in [0.2, 0.25) is 0 Å². The summed E-state index contributed by atoms with van der Waals surface area (Å²) in [6, 6.07) is 0. The highest BCUT2D eigenvalue weighted by molar-refractivity contribution is 5.82. The Bertz CT molecular complexity index is 597. The molecule has 1 aliphatic heterocycles. The van der Waals surface area contributed by atoms with Gasteiger partial charge in [0.25, 0.3) is 0 Å². The van der Waals surface area contributed by atoms with Gasteiger partial charge in [-0.2, -0.15) is 0 Å². The van der Waals surface area contributed by atoms with Gasteiger partial charge in [-0.25, -0.2) is 0 Å². The largest absolute Gasteiger partial charge is 0.342 e. The normalized spacial score (nSPS) is 36.9. The minimum atomic E-state index is 0.371. The number of fused-ring (bicyclic) bond motifs is 1. The van der Waals surface area contributed by atoms with Crippen LogP contribution in [-0.4, -0.2) is 38.7 Å². The van der Waals surface area contributed by atoms with Gasteiger partial charge in [0.1, 0.15) is 12.7 Å². The maximum atomic E-state index is 13.2. The molecule has 3 saturated carbocycles. The van der Waals surface area contributed by atoms with Gasteiger partial charge in [-0.05, 0) is 42.9 Å². The summed E-state index contributed by atoms with van der Waals surface area (Å²) in [5, 5.41) is 7.88. The van der Waals surface area contributed by atoms with E-state index in [-0.39, 0.29) is 0 Å². The molecule has 4 atom stereocenters. The van der Waals surface area contributed by atoms with Crippen LogP contribution in [0.5, 0.6) is 0 Å². The third-order valence-electron chi connectivity index (χ3n) is 7.56. The topological polar surface area (TPSA) is 51.0 Å². The third kappa shape index (κ3) is 2.31. The average Bonchev–Trinajstić information content (AvgIpc) is 2.85. The van der Waals surface area contributed by atoms with E-state index in [0.717, 1.165) is 19.6 Å². The van der Waals surface area contributed by atoms with Gasteiger partial charge in [0.15, 0.2) is 0 Å². The van der Waals surface area contributed by atoms with E-state index in [2.05, 4.69) is 19.7 Å². The molecule has 1 spiro atoms. The van der Waals surface area contributed by atoms with Crippen LogP contribution in [0.15, 0.2) is 12.7 Å². The quantitative estimate of drug-likeness (QED) is 0.857. The van der Waals surface area contributed by atoms with Crippen LogP contribution >= 0.6 is 0 Å². The predicted octanol–water partition coefficient (Wildman–Crippen LogP) is 2.73. The van der Waals surface area contributed by atoms with E-state index < -0.39 is 0 Å². The van der Waals surface area contributed by atoms with Gasteiger partial charge in [-0.1, -0.05) is 25.7 Å². The van der Waals surface area contributed by atoms with Crippen LogP contribution in [0.25, 0.3) is 0 Å². The molecule has 5 heteroatoms. The number of carbonyl (C=O) groups excluding carboxylic acids is 1. The van der Waals surface area contributed by atoms with Crippen LogP contribution in [0.3, 0.4) is 0 Å². The minimum Gasteiger partial charge on any atom is -0.342 e. The first-order valence-corrected chi connectivity index (χ1v) is 9.88. The molecule has 4 fully saturated rings. The Morgan fingerprint density at radius 3 is 2.38 bits per heavy atom. The predicted molar refractivity (Wildman–Crippen MR) is 89.9 cm³/mol. The van der Waals surface area contributed by atoms with E-state index in [1.165, 1.54) is 51.4 Å². The molecule has 1 amide bonds. The molecule has 24 heavy (non-hydrogen) atoms. The van der Waals surface area contributed by atoms with E-state index in [9.17, 15) is 4.79 Å². The third-order valence-corrected chi connectivity index (χ3v) is 7.56. The SMILES string of the molecule is O=C(C1[C@H]2CCCCC[C@@H]12)N1CC(Cn2cnnc2)C2(CCC2)C1. The summed E-state index contributed by atoms with van der Waals surface area (Å²) in [5.74, 6) is 2.87. The Balaban J connectivity index is 1.28. The minimum absolute atomic E-state index is 0.371. The van der Waals surface area contributed by atoms with Gasteiger partial charge in [-0.15, -0.1) is 10.2 Å². The van der Waals surface area contributed by atoms with Crippen molar-refractivity contribution in [3.63, 3.8) is 0 Å². The first kappa shape index (κ1) is 14.9. The maximum Gasteiger partial charge on any atom is 0.226 e. The van der Waals surface area contributed by atoms with Crippen molar-refractivity contribution in [3.8, 4) is 0 Å². The molecule has 0 radical (unpaired) electrons. The fourth-order valence-electron chi connectivity index (χ4n) is 5.97. The summed E-state index contributed by atoms with van der Waals surface area (Å²) in [6.07, 6.45) is 14.2. The summed E-state index contributed by atoms with van der Waals surface area (Å²) >= 11 is 0. The van der Waals surface area contributed by atoms with E-state index in [4.69, 9.17) is 0 Å². The highest BCUT2D eigenvalue weighted by atomic mass is 16.2. The fourth-order valence-corrected chi connectivity index (χ4v) is 5.97. The lowest BCUT2D eigenvalue weighted by Crippen LogP contribution is -2.39. The van der Waals surface area contributed by atoms with Gasteiger partial charge < -0.3 is 9.47 Å². The monoisotopic (exact) mass is 328 g/mol. The van der Waals surface area contributed by atoms with Crippen LogP contribution in [-0.2, 0) is 11.3 Å². The number of aromatic nitrogens is 3. The Kier molecular flexibility index (Phi) is 3.46. The van der Waals surface area contributed by atoms with E-state index >= 15 is 0 Å². The molecule has 1 aromatic rings. The average molecular weight is 328 g/mol. The lowest BCUT2D eigenvalue weighted by Gasteiger charge is -2.42. The zero-order valence-electron chi connectivity index (χ0n) is 14.4. The lowest BCUT2D eigenvalue weighted by atomic mass is 9.63. The molecular formula is C19H28N4O. The first-order valence-electron chi connectivity index (χ1n) is 9.88. The number of carbonyl (C=O) groups is 1. The molecule has 1 aromatic heterocycles. The molecule has 1 saturated heterocycles. The number of likely N-dealkylation sites (tertiary alicyclic amines) is 1. The molecule has 0 N–H and O–H groups in total. The van der Waals surface area contributed by atoms with Crippen molar-refractivity contribution in [1.29, 1.82) is 0 Å². The highest BCUT2D eigenvalue weighted by Crippen LogP contribution is 2.57. The molecular weight excluding hydrogens is 300 g/mol.